The fourth-order valence-electron chi connectivity index (χ4n) is 3.03. The highest BCUT2D eigenvalue weighted by atomic mass is 35.5. The standard InChI is InChI=1S/C18H17ClN4OS/c19-13-5-7-14(8-6-13)25-12-11-22-17(9-10-18(22)24)23-20-15-3-1-2-4-16(15)21-23/h1-8,17H,9-12H2. The Morgan fingerprint density at radius 2 is 1.76 bits per heavy atom. The molecule has 1 unspecified atom stereocenters. The maximum atomic E-state index is 12.3. The van der Waals surface area contributed by atoms with E-state index in [2.05, 4.69) is 10.2 Å². The van der Waals surface area contributed by atoms with Crippen molar-refractivity contribution in [3.63, 3.8) is 0 Å². The lowest BCUT2D eigenvalue weighted by atomic mass is 10.3. The molecule has 5 nitrogen and oxygen atoms in total. The molecule has 25 heavy (non-hydrogen) atoms. The lowest BCUT2D eigenvalue weighted by Gasteiger charge is -2.23. The second kappa shape index (κ2) is 7.06. The number of thioether (sulfide) groups is 1. The average Bonchev–Trinajstić information content (AvgIpc) is 3.20. The fraction of sp³-hybridized carbons (Fsp3) is 0.278. The van der Waals surface area contributed by atoms with Crippen molar-refractivity contribution in [2.45, 2.75) is 23.9 Å². The maximum absolute atomic E-state index is 12.3. The van der Waals surface area contributed by atoms with Gasteiger partial charge in [-0.1, -0.05) is 23.7 Å². The van der Waals surface area contributed by atoms with Crippen LogP contribution < -0.4 is 0 Å². The Hall–Kier alpha value is -2.05. The van der Waals surface area contributed by atoms with E-state index in [1.54, 1.807) is 16.6 Å². The summed E-state index contributed by atoms with van der Waals surface area (Å²) < 4.78 is 0. The SMILES string of the molecule is O=C1CCC(n2nc3ccccc3n2)N1CCSc1ccc(Cl)cc1. The molecule has 0 spiro atoms. The van der Waals surface area contributed by atoms with Gasteiger partial charge in [-0.3, -0.25) is 4.79 Å². The first-order valence-electron chi connectivity index (χ1n) is 8.20. The van der Waals surface area contributed by atoms with Crippen molar-refractivity contribution in [1.82, 2.24) is 19.9 Å². The summed E-state index contributed by atoms with van der Waals surface area (Å²) in [6.07, 6.45) is 1.21. The molecule has 1 saturated heterocycles. The Morgan fingerprint density at radius 3 is 2.44 bits per heavy atom. The van der Waals surface area contributed by atoms with Crippen LogP contribution in [0.4, 0.5) is 0 Å². The summed E-state index contributed by atoms with van der Waals surface area (Å²) in [5.74, 6) is 0.994. The van der Waals surface area contributed by atoms with E-state index in [1.165, 1.54) is 0 Å². The number of carbonyl (C=O) groups is 1. The molecule has 3 aromatic rings. The summed E-state index contributed by atoms with van der Waals surface area (Å²) in [5.41, 5.74) is 1.72. The molecule has 1 aliphatic heterocycles. The van der Waals surface area contributed by atoms with Crippen molar-refractivity contribution in [3.05, 3.63) is 53.6 Å². The van der Waals surface area contributed by atoms with Crippen LogP contribution in [0.5, 0.6) is 0 Å². The van der Waals surface area contributed by atoms with Crippen LogP contribution in [-0.4, -0.2) is 38.1 Å². The van der Waals surface area contributed by atoms with E-state index < -0.39 is 0 Å². The molecule has 0 aliphatic carbocycles. The lowest BCUT2D eigenvalue weighted by Crippen LogP contribution is -2.33. The molecule has 1 aliphatic rings. The highest BCUT2D eigenvalue weighted by molar-refractivity contribution is 7.99. The summed E-state index contributed by atoms with van der Waals surface area (Å²) in [7, 11) is 0. The number of halogens is 1. The van der Waals surface area contributed by atoms with Crippen molar-refractivity contribution in [2.24, 2.45) is 0 Å². The minimum Gasteiger partial charge on any atom is -0.318 e. The quantitative estimate of drug-likeness (QED) is 0.635. The number of fused-ring (bicyclic) bond motifs is 1. The third-order valence-electron chi connectivity index (χ3n) is 4.28. The number of hydrogen-bond acceptors (Lipinski definition) is 4. The van der Waals surface area contributed by atoms with Gasteiger partial charge in [-0.25, -0.2) is 0 Å². The maximum Gasteiger partial charge on any atom is 0.224 e. The smallest absolute Gasteiger partial charge is 0.224 e. The van der Waals surface area contributed by atoms with Gasteiger partial charge in [-0.15, -0.1) is 11.8 Å². The van der Waals surface area contributed by atoms with E-state index in [1.807, 2.05) is 53.4 Å². The van der Waals surface area contributed by atoms with E-state index in [0.717, 1.165) is 33.1 Å². The van der Waals surface area contributed by atoms with Crippen LogP contribution in [0.1, 0.15) is 19.0 Å². The van der Waals surface area contributed by atoms with Crippen molar-refractivity contribution < 1.29 is 4.79 Å². The minimum atomic E-state index is -0.0919. The third-order valence-corrected chi connectivity index (χ3v) is 5.52. The van der Waals surface area contributed by atoms with Gasteiger partial charge in [-0.2, -0.15) is 15.0 Å². The third kappa shape index (κ3) is 3.50. The molecule has 1 atom stereocenters. The Morgan fingerprint density at radius 1 is 1.08 bits per heavy atom. The molecular weight excluding hydrogens is 356 g/mol. The molecule has 1 amide bonds. The molecule has 0 bridgehead atoms. The summed E-state index contributed by atoms with van der Waals surface area (Å²) in [5, 5.41) is 9.82. The van der Waals surface area contributed by atoms with Crippen molar-refractivity contribution in [1.29, 1.82) is 0 Å². The normalized spacial score (nSPS) is 17.6. The largest absolute Gasteiger partial charge is 0.318 e. The number of amides is 1. The topological polar surface area (TPSA) is 51.0 Å². The minimum absolute atomic E-state index is 0.0919. The zero-order chi connectivity index (χ0) is 17.2. The van der Waals surface area contributed by atoms with Crippen molar-refractivity contribution in [3.8, 4) is 0 Å². The summed E-state index contributed by atoms with van der Waals surface area (Å²) in [4.78, 5) is 17.0. The molecule has 2 aromatic carbocycles. The zero-order valence-corrected chi connectivity index (χ0v) is 15.1. The molecule has 0 radical (unpaired) electrons. The molecule has 1 fully saturated rings. The molecular formula is C18H17ClN4OS. The molecule has 0 N–H and O–H groups in total. The van der Waals surface area contributed by atoms with Gasteiger partial charge in [0.1, 0.15) is 17.2 Å². The van der Waals surface area contributed by atoms with Crippen LogP contribution in [0.2, 0.25) is 5.02 Å². The second-order valence-electron chi connectivity index (χ2n) is 5.92. The number of benzene rings is 2. The number of nitrogens with zero attached hydrogens (tertiary/aromatic N) is 4. The van der Waals surface area contributed by atoms with Crippen LogP contribution in [0.15, 0.2) is 53.4 Å². The molecule has 7 heteroatoms. The molecule has 2 heterocycles. The van der Waals surface area contributed by atoms with Crippen LogP contribution in [0.3, 0.4) is 0 Å². The van der Waals surface area contributed by atoms with Crippen molar-refractivity contribution in [2.75, 3.05) is 12.3 Å². The predicted molar refractivity (Wildman–Crippen MR) is 99.7 cm³/mol. The summed E-state index contributed by atoms with van der Waals surface area (Å²) in [6.45, 7) is 0.675. The number of likely N-dealkylation sites (tertiary alicyclic amines) is 1. The first kappa shape index (κ1) is 16.4. The van der Waals surface area contributed by atoms with Crippen LogP contribution in [0, 0.1) is 0 Å². The number of carbonyl (C=O) groups excluding carboxylic acids is 1. The Kier molecular flexibility index (Phi) is 4.63. The van der Waals surface area contributed by atoms with Gasteiger partial charge in [0.25, 0.3) is 0 Å². The van der Waals surface area contributed by atoms with Gasteiger partial charge < -0.3 is 4.90 Å². The van der Waals surface area contributed by atoms with Gasteiger partial charge in [0, 0.05) is 28.6 Å². The van der Waals surface area contributed by atoms with Gasteiger partial charge in [-0.05, 0) is 42.8 Å². The number of rotatable bonds is 5. The molecule has 0 saturated carbocycles. The van der Waals surface area contributed by atoms with Crippen LogP contribution in [0.25, 0.3) is 11.0 Å². The first-order valence-corrected chi connectivity index (χ1v) is 9.56. The Balaban J connectivity index is 1.45. The van der Waals surface area contributed by atoms with Crippen LogP contribution in [-0.2, 0) is 4.79 Å². The second-order valence-corrected chi connectivity index (χ2v) is 7.52. The Labute approximate surface area is 154 Å². The fourth-order valence-corrected chi connectivity index (χ4v) is 4.01. The number of aromatic nitrogens is 3. The van der Waals surface area contributed by atoms with Gasteiger partial charge in [0.2, 0.25) is 5.91 Å². The Bertz CT molecular complexity index is 862. The zero-order valence-electron chi connectivity index (χ0n) is 13.5. The van der Waals surface area contributed by atoms with E-state index in [9.17, 15) is 4.79 Å². The van der Waals surface area contributed by atoms with Gasteiger partial charge >= 0.3 is 0 Å². The van der Waals surface area contributed by atoms with Gasteiger partial charge in [0.05, 0.1) is 0 Å². The monoisotopic (exact) mass is 372 g/mol. The lowest BCUT2D eigenvalue weighted by molar-refractivity contribution is -0.130. The number of hydrogen-bond donors (Lipinski definition) is 0. The highest BCUT2D eigenvalue weighted by Crippen LogP contribution is 2.29. The first-order chi connectivity index (χ1) is 12.2. The van der Waals surface area contributed by atoms with E-state index in [4.69, 9.17) is 11.6 Å². The van der Waals surface area contributed by atoms with E-state index in [-0.39, 0.29) is 12.1 Å². The molecule has 4 rings (SSSR count). The van der Waals surface area contributed by atoms with Gasteiger partial charge in [0.15, 0.2) is 0 Å². The van der Waals surface area contributed by atoms with E-state index in [0.29, 0.717) is 13.0 Å². The van der Waals surface area contributed by atoms with E-state index >= 15 is 0 Å². The molecule has 1 aromatic heterocycles. The summed E-state index contributed by atoms with van der Waals surface area (Å²) >= 11 is 7.63. The van der Waals surface area contributed by atoms with Crippen LogP contribution >= 0.6 is 23.4 Å². The summed E-state index contributed by atoms with van der Waals surface area (Å²) in [6, 6.07) is 15.5. The molecule has 128 valence electrons. The average molecular weight is 373 g/mol. The highest BCUT2D eigenvalue weighted by Gasteiger charge is 2.33. The van der Waals surface area contributed by atoms with Crippen molar-refractivity contribution >= 4 is 40.3 Å². The predicted octanol–water partition coefficient (Wildman–Crippen LogP) is 4.00.